The summed E-state index contributed by atoms with van der Waals surface area (Å²) in [5, 5.41) is 0. The molecule has 27 heavy (non-hydrogen) atoms. The van der Waals surface area contributed by atoms with Crippen molar-refractivity contribution in [2.45, 2.75) is 33.6 Å². The minimum Gasteiger partial charge on any atom is -0.457 e. The van der Waals surface area contributed by atoms with Crippen molar-refractivity contribution in [3.8, 4) is 11.5 Å². The molecule has 0 saturated heterocycles. The van der Waals surface area contributed by atoms with Crippen LogP contribution in [0.4, 0.5) is 0 Å². The van der Waals surface area contributed by atoms with E-state index in [9.17, 15) is 9.59 Å². The third-order valence-electron chi connectivity index (χ3n) is 4.78. The quantitative estimate of drug-likeness (QED) is 0.709. The molecule has 5 nitrogen and oxygen atoms in total. The van der Waals surface area contributed by atoms with Gasteiger partial charge in [0.05, 0.1) is 0 Å². The predicted molar refractivity (Wildman–Crippen MR) is 107 cm³/mol. The van der Waals surface area contributed by atoms with Gasteiger partial charge in [-0.1, -0.05) is 26.7 Å². The van der Waals surface area contributed by atoms with E-state index in [1.165, 1.54) is 0 Å². The molecule has 0 spiro atoms. The average molecular weight is 368 g/mol. The van der Waals surface area contributed by atoms with E-state index in [2.05, 4.69) is 13.8 Å². The third-order valence-corrected chi connectivity index (χ3v) is 4.78. The van der Waals surface area contributed by atoms with Crippen molar-refractivity contribution in [3.05, 3.63) is 59.7 Å². The lowest BCUT2D eigenvalue weighted by molar-refractivity contribution is 0.0734. The molecule has 2 rings (SSSR count). The number of amides is 2. The molecule has 0 radical (unpaired) electrons. The van der Waals surface area contributed by atoms with Crippen LogP contribution in [0.5, 0.6) is 11.5 Å². The van der Waals surface area contributed by atoms with Crippen LogP contribution in [0.2, 0.25) is 0 Å². The molecule has 2 aromatic carbocycles. The second kappa shape index (κ2) is 9.76. The van der Waals surface area contributed by atoms with Gasteiger partial charge in [-0.15, -0.1) is 0 Å². The Morgan fingerprint density at radius 1 is 0.889 bits per heavy atom. The number of nitrogens with zero attached hydrogens (tertiary/aromatic N) is 1. The monoisotopic (exact) mass is 368 g/mol. The average Bonchev–Trinajstić information content (AvgIpc) is 2.69. The summed E-state index contributed by atoms with van der Waals surface area (Å²) in [6.45, 7) is 7.81. The van der Waals surface area contributed by atoms with Gasteiger partial charge in [-0.3, -0.25) is 9.59 Å². The molecule has 0 unspecified atom stereocenters. The molecule has 2 N–H and O–H groups in total. The summed E-state index contributed by atoms with van der Waals surface area (Å²) >= 11 is 0. The zero-order chi connectivity index (χ0) is 19.8. The highest BCUT2D eigenvalue weighted by Crippen LogP contribution is 2.23. The van der Waals surface area contributed by atoms with Gasteiger partial charge in [-0.25, -0.2) is 0 Å². The number of carbonyl (C=O) groups is 2. The smallest absolute Gasteiger partial charge is 0.253 e. The van der Waals surface area contributed by atoms with Crippen molar-refractivity contribution in [2.24, 2.45) is 11.7 Å². The SMILES string of the molecule is CCC(CC)CN(CC)C(=O)c1ccc(Oc2ccc(C(N)=O)cc2)cc1. The van der Waals surface area contributed by atoms with E-state index in [1.54, 1.807) is 48.5 Å². The number of hydrogen-bond acceptors (Lipinski definition) is 3. The van der Waals surface area contributed by atoms with Gasteiger partial charge in [0.15, 0.2) is 0 Å². The fraction of sp³-hybridized carbons (Fsp3) is 0.364. The van der Waals surface area contributed by atoms with Gasteiger partial charge in [-0.2, -0.15) is 0 Å². The summed E-state index contributed by atoms with van der Waals surface area (Å²) in [4.78, 5) is 25.8. The molecule has 0 aliphatic heterocycles. The molecule has 5 heteroatoms. The standard InChI is InChI=1S/C22H28N2O3/c1-4-16(5-2)15-24(6-3)22(26)18-9-13-20(14-10-18)27-19-11-7-17(8-12-19)21(23)25/h7-14,16H,4-6,15H2,1-3H3,(H2,23,25). The second-order valence-electron chi connectivity index (χ2n) is 6.54. The maximum absolute atomic E-state index is 12.8. The zero-order valence-electron chi connectivity index (χ0n) is 16.3. The molecule has 0 fully saturated rings. The molecular weight excluding hydrogens is 340 g/mol. The Bertz CT molecular complexity index is 750. The van der Waals surface area contributed by atoms with Crippen molar-refractivity contribution in [1.29, 1.82) is 0 Å². The lowest BCUT2D eigenvalue weighted by Gasteiger charge is -2.25. The second-order valence-corrected chi connectivity index (χ2v) is 6.54. The fourth-order valence-corrected chi connectivity index (χ4v) is 2.89. The van der Waals surface area contributed by atoms with Crippen LogP contribution in [0, 0.1) is 5.92 Å². The summed E-state index contributed by atoms with van der Waals surface area (Å²) in [5.41, 5.74) is 6.31. The molecular formula is C22H28N2O3. The maximum Gasteiger partial charge on any atom is 0.253 e. The molecule has 2 amide bonds. The van der Waals surface area contributed by atoms with Crippen LogP contribution in [0.3, 0.4) is 0 Å². The van der Waals surface area contributed by atoms with Crippen LogP contribution in [-0.4, -0.2) is 29.8 Å². The minimum atomic E-state index is -0.474. The zero-order valence-corrected chi connectivity index (χ0v) is 16.3. The largest absolute Gasteiger partial charge is 0.457 e. The molecule has 0 heterocycles. The Morgan fingerprint density at radius 2 is 1.37 bits per heavy atom. The van der Waals surface area contributed by atoms with Gasteiger partial charge in [0, 0.05) is 24.2 Å². The summed E-state index contributed by atoms with van der Waals surface area (Å²) in [7, 11) is 0. The Balaban J connectivity index is 2.04. The molecule has 2 aromatic rings. The molecule has 0 atom stereocenters. The number of carbonyl (C=O) groups excluding carboxylic acids is 2. The number of hydrogen-bond donors (Lipinski definition) is 1. The van der Waals surface area contributed by atoms with E-state index in [-0.39, 0.29) is 5.91 Å². The van der Waals surface area contributed by atoms with Crippen molar-refractivity contribution in [2.75, 3.05) is 13.1 Å². The van der Waals surface area contributed by atoms with Gasteiger partial charge in [0.1, 0.15) is 11.5 Å². The minimum absolute atomic E-state index is 0.0433. The van der Waals surface area contributed by atoms with E-state index in [4.69, 9.17) is 10.5 Å². The summed E-state index contributed by atoms with van der Waals surface area (Å²) in [6.07, 6.45) is 2.14. The number of benzene rings is 2. The van der Waals surface area contributed by atoms with E-state index in [0.717, 1.165) is 19.4 Å². The van der Waals surface area contributed by atoms with Crippen LogP contribution >= 0.6 is 0 Å². The molecule has 0 bridgehead atoms. The normalized spacial score (nSPS) is 10.7. The number of rotatable bonds is 9. The number of primary amides is 1. The van der Waals surface area contributed by atoms with Crippen LogP contribution in [-0.2, 0) is 0 Å². The summed E-state index contributed by atoms with van der Waals surface area (Å²) < 4.78 is 5.76. The van der Waals surface area contributed by atoms with E-state index in [1.807, 2.05) is 11.8 Å². The highest BCUT2D eigenvalue weighted by atomic mass is 16.5. The highest BCUT2D eigenvalue weighted by Gasteiger charge is 2.17. The van der Waals surface area contributed by atoms with Crippen molar-refractivity contribution >= 4 is 11.8 Å². The molecule has 144 valence electrons. The van der Waals surface area contributed by atoms with Gasteiger partial charge in [0.25, 0.3) is 5.91 Å². The van der Waals surface area contributed by atoms with Gasteiger partial charge >= 0.3 is 0 Å². The molecule has 0 aromatic heterocycles. The van der Waals surface area contributed by atoms with Gasteiger partial charge in [0.2, 0.25) is 5.91 Å². The topological polar surface area (TPSA) is 72.6 Å². The van der Waals surface area contributed by atoms with Crippen molar-refractivity contribution in [3.63, 3.8) is 0 Å². The Hall–Kier alpha value is -2.82. The first-order chi connectivity index (χ1) is 13.0. The molecule has 0 saturated carbocycles. The molecule has 0 aliphatic rings. The Labute approximate surface area is 161 Å². The summed E-state index contributed by atoms with van der Waals surface area (Å²) in [6, 6.07) is 13.7. The van der Waals surface area contributed by atoms with E-state index < -0.39 is 5.91 Å². The van der Waals surface area contributed by atoms with Crippen LogP contribution in [0.15, 0.2) is 48.5 Å². The lowest BCUT2D eigenvalue weighted by atomic mass is 10.0. The fourth-order valence-electron chi connectivity index (χ4n) is 2.89. The van der Waals surface area contributed by atoms with Gasteiger partial charge < -0.3 is 15.4 Å². The van der Waals surface area contributed by atoms with E-state index in [0.29, 0.717) is 35.1 Å². The number of nitrogens with two attached hydrogens (primary N) is 1. The first-order valence-corrected chi connectivity index (χ1v) is 9.45. The van der Waals surface area contributed by atoms with Crippen LogP contribution < -0.4 is 10.5 Å². The third kappa shape index (κ3) is 5.58. The van der Waals surface area contributed by atoms with Crippen molar-refractivity contribution in [1.82, 2.24) is 4.90 Å². The van der Waals surface area contributed by atoms with Crippen LogP contribution in [0.1, 0.15) is 54.3 Å². The predicted octanol–water partition coefficient (Wildman–Crippen LogP) is 4.48. The molecule has 0 aliphatic carbocycles. The maximum atomic E-state index is 12.8. The first-order valence-electron chi connectivity index (χ1n) is 9.45. The van der Waals surface area contributed by atoms with E-state index >= 15 is 0 Å². The van der Waals surface area contributed by atoms with Crippen molar-refractivity contribution < 1.29 is 14.3 Å². The van der Waals surface area contributed by atoms with Gasteiger partial charge in [-0.05, 0) is 61.4 Å². The Kier molecular flexibility index (Phi) is 7.41. The van der Waals surface area contributed by atoms with Crippen LogP contribution in [0.25, 0.3) is 0 Å². The Morgan fingerprint density at radius 3 is 1.78 bits per heavy atom. The highest BCUT2D eigenvalue weighted by molar-refractivity contribution is 5.94. The summed E-state index contributed by atoms with van der Waals surface area (Å²) in [5.74, 6) is 1.32. The lowest BCUT2D eigenvalue weighted by Crippen LogP contribution is -2.35. The first kappa shape index (κ1) is 20.5. The number of ether oxygens (including phenoxy) is 1.